The molecule has 0 fully saturated rings. The molecule has 0 saturated heterocycles. The van der Waals surface area contributed by atoms with Gasteiger partial charge in [0.15, 0.2) is 0 Å². The van der Waals surface area contributed by atoms with Crippen LogP contribution in [0.15, 0.2) is 18.2 Å². The third-order valence-electron chi connectivity index (χ3n) is 3.07. The van der Waals surface area contributed by atoms with Gasteiger partial charge in [-0.15, -0.1) is 0 Å². The number of anilines is 1. The maximum Gasteiger partial charge on any atom is 0.115 e. The highest BCUT2D eigenvalue weighted by Gasteiger charge is 2.04. The summed E-state index contributed by atoms with van der Waals surface area (Å²) in [6.45, 7) is 5.49. The molecule has 4 heteroatoms. The first kappa shape index (κ1) is 10.9. The van der Waals surface area contributed by atoms with Crippen LogP contribution in [-0.4, -0.2) is 22.0 Å². The molecule has 1 aromatic carbocycles. The number of rotatable bonds is 5. The van der Waals surface area contributed by atoms with E-state index in [4.69, 9.17) is 0 Å². The number of nitrogens with zero attached hydrogens (tertiary/aromatic N) is 2. The lowest BCUT2D eigenvalue weighted by atomic mass is 10.0. The van der Waals surface area contributed by atoms with E-state index in [9.17, 15) is 0 Å². The minimum atomic E-state index is 0.744. The fourth-order valence-electron chi connectivity index (χ4n) is 1.79. The summed E-state index contributed by atoms with van der Waals surface area (Å²) in [5, 5.41) is 14.2. The first-order valence-corrected chi connectivity index (χ1v) is 5.87. The quantitative estimate of drug-likeness (QED) is 0.811. The molecular formula is C12H18N4. The molecule has 0 radical (unpaired) electrons. The van der Waals surface area contributed by atoms with Gasteiger partial charge in [-0.25, -0.2) is 0 Å². The molecule has 0 spiro atoms. The first-order chi connectivity index (χ1) is 7.83. The van der Waals surface area contributed by atoms with Crippen LogP contribution in [0, 0.1) is 5.92 Å². The van der Waals surface area contributed by atoms with Crippen molar-refractivity contribution in [3.05, 3.63) is 18.2 Å². The molecule has 2 aromatic rings. The van der Waals surface area contributed by atoms with Crippen molar-refractivity contribution in [2.75, 3.05) is 11.9 Å². The lowest BCUT2D eigenvalue weighted by Crippen LogP contribution is -2.12. The van der Waals surface area contributed by atoms with Crippen molar-refractivity contribution in [1.29, 1.82) is 0 Å². The maximum atomic E-state index is 4.07. The van der Waals surface area contributed by atoms with Crippen LogP contribution in [0.5, 0.6) is 0 Å². The van der Waals surface area contributed by atoms with E-state index in [0.29, 0.717) is 0 Å². The molecule has 1 heterocycles. The monoisotopic (exact) mass is 218 g/mol. The van der Waals surface area contributed by atoms with Crippen molar-refractivity contribution >= 4 is 16.7 Å². The Bertz CT molecular complexity index is 445. The van der Waals surface area contributed by atoms with E-state index in [-0.39, 0.29) is 0 Å². The van der Waals surface area contributed by atoms with Crippen LogP contribution in [-0.2, 0) is 0 Å². The first-order valence-electron chi connectivity index (χ1n) is 5.87. The molecule has 0 bridgehead atoms. The Balaban J connectivity index is 2.03. The average molecular weight is 218 g/mol. The van der Waals surface area contributed by atoms with E-state index in [0.717, 1.165) is 29.2 Å². The van der Waals surface area contributed by atoms with Crippen molar-refractivity contribution in [3.63, 3.8) is 0 Å². The van der Waals surface area contributed by atoms with E-state index in [1.54, 1.807) is 0 Å². The minimum absolute atomic E-state index is 0.744. The average Bonchev–Trinajstić information content (AvgIpc) is 2.77. The molecule has 2 rings (SSSR count). The lowest BCUT2D eigenvalue weighted by Gasteiger charge is -2.13. The van der Waals surface area contributed by atoms with Crippen LogP contribution in [0.4, 0.5) is 5.69 Å². The second-order valence-electron chi connectivity index (χ2n) is 4.09. The molecule has 0 aliphatic heterocycles. The summed E-state index contributed by atoms with van der Waals surface area (Å²) in [6, 6.07) is 6.06. The normalized spacial score (nSPS) is 11.2. The Morgan fingerprint density at radius 2 is 1.94 bits per heavy atom. The SMILES string of the molecule is CCC(CC)CNc1ccc2n[nH]nc2c1. The Kier molecular flexibility index (Phi) is 3.39. The summed E-state index contributed by atoms with van der Waals surface area (Å²) in [4.78, 5) is 0. The van der Waals surface area contributed by atoms with Gasteiger partial charge in [-0.05, 0) is 24.1 Å². The highest BCUT2D eigenvalue weighted by molar-refractivity contribution is 5.77. The summed E-state index contributed by atoms with van der Waals surface area (Å²) in [5.74, 6) is 0.744. The molecule has 0 saturated carbocycles. The lowest BCUT2D eigenvalue weighted by molar-refractivity contribution is 0.519. The molecule has 86 valence electrons. The maximum absolute atomic E-state index is 4.07. The highest BCUT2D eigenvalue weighted by Crippen LogP contribution is 2.16. The summed E-state index contributed by atoms with van der Waals surface area (Å²) < 4.78 is 0. The van der Waals surface area contributed by atoms with Crippen molar-refractivity contribution < 1.29 is 0 Å². The van der Waals surface area contributed by atoms with Crippen LogP contribution < -0.4 is 5.32 Å². The molecule has 0 unspecified atom stereocenters. The summed E-state index contributed by atoms with van der Waals surface area (Å²) in [7, 11) is 0. The van der Waals surface area contributed by atoms with Crippen LogP contribution in [0.3, 0.4) is 0 Å². The van der Waals surface area contributed by atoms with Crippen LogP contribution >= 0.6 is 0 Å². The zero-order valence-corrected chi connectivity index (χ0v) is 9.83. The third-order valence-corrected chi connectivity index (χ3v) is 3.07. The second kappa shape index (κ2) is 4.96. The summed E-state index contributed by atoms with van der Waals surface area (Å²) in [6.07, 6.45) is 2.44. The molecule has 0 aliphatic rings. The van der Waals surface area contributed by atoms with Crippen LogP contribution in [0.2, 0.25) is 0 Å². The number of nitrogens with one attached hydrogen (secondary N) is 2. The third kappa shape index (κ3) is 2.32. The largest absolute Gasteiger partial charge is 0.385 e. The van der Waals surface area contributed by atoms with Gasteiger partial charge in [-0.1, -0.05) is 26.7 Å². The van der Waals surface area contributed by atoms with Crippen molar-refractivity contribution in [2.45, 2.75) is 26.7 Å². The van der Waals surface area contributed by atoms with E-state index in [1.165, 1.54) is 12.8 Å². The van der Waals surface area contributed by atoms with Gasteiger partial charge >= 0.3 is 0 Å². The zero-order valence-electron chi connectivity index (χ0n) is 9.83. The number of hydrogen-bond donors (Lipinski definition) is 2. The van der Waals surface area contributed by atoms with Gasteiger partial charge in [-0.3, -0.25) is 0 Å². The van der Waals surface area contributed by atoms with Crippen molar-refractivity contribution in [3.8, 4) is 0 Å². The summed E-state index contributed by atoms with van der Waals surface area (Å²) >= 11 is 0. The molecule has 0 atom stereocenters. The molecule has 16 heavy (non-hydrogen) atoms. The molecule has 4 nitrogen and oxygen atoms in total. The Hall–Kier alpha value is -1.58. The van der Waals surface area contributed by atoms with Crippen LogP contribution in [0.25, 0.3) is 11.0 Å². The van der Waals surface area contributed by atoms with Gasteiger partial charge in [0.1, 0.15) is 11.0 Å². The number of fused-ring (bicyclic) bond motifs is 1. The standard InChI is InChI=1S/C12H18N4/c1-3-9(4-2)8-13-10-5-6-11-12(7-10)15-16-14-11/h5-7,9,13H,3-4,8H2,1-2H3,(H,14,15,16). The number of benzene rings is 1. The fraction of sp³-hybridized carbons (Fsp3) is 0.500. The van der Waals surface area contributed by atoms with Gasteiger partial charge in [0, 0.05) is 12.2 Å². The molecule has 2 N–H and O–H groups in total. The molecular weight excluding hydrogens is 200 g/mol. The zero-order chi connectivity index (χ0) is 11.4. The van der Waals surface area contributed by atoms with Gasteiger partial charge in [0.25, 0.3) is 0 Å². The van der Waals surface area contributed by atoms with Gasteiger partial charge < -0.3 is 5.32 Å². The predicted octanol–water partition coefficient (Wildman–Crippen LogP) is 2.81. The predicted molar refractivity (Wildman–Crippen MR) is 66.5 cm³/mol. The smallest absolute Gasteiger partial charge is 0.115 e. The fourth-order valence-corrected chi connectivity index (χ4v) is 1.79. The van der Waals surface area contributed by atoms with E-state index < -0.39 is 0 Å². The van der Waals surface area contributed by atoms with E-state index in [2.05, 4.69) is 34.6 Å². The van der Waals surface area contributed by atoms with Gasteiger partial charge in [0.2, 0.25) is 0 Å². The Labute approximate surface area is 95.4 Å². The van der Waals surface area contributed by atoms with Gasteiger partial charge in [-0.2, -0.15) is 15.4 Å². The minimum Gasteiger partial charge on any atom is -0.385 e. The van der Waals surface area contributed by atoms with Gasteiger partial charge in [0.05, 0.1) is 0 Å². The van der Waals surface area contributed by atoms with E-state index >= 15 is 0 Å². The van der Waals surface area contributed by atoms with Crippen molar-refractivity contribution in [1.82, 2.24) is 15.4 Å². The molecule has 0 amide bonds. The topological polar surface area (TPSA) is 53.6 Å². The summed E-state index contributed by atoms with van der Waals surface area (Å²) in [5.41, 5.74) is 2.94. The van der Waals surface area contributed by atoms with Crippen LogP contribution in [0.1, 0.15) is 26.7 Å². The number of hydrogen-bond acceptors (Lipinski definition) is 3. The van der Waals surface area contributed by atoms with Crippen molar-refractivity contribution in [2.24, 2.45) is 5.92 Å². The Morgan fingerprint density at radius 3 is 2.69 bits per heavy atom. The number of aromatic nitrogens is 3. The second-order valence-corrected chi connectivity index (χ2v) is 4.09. The molecule has 1 aromatic heterocycles. The highest BCUT2D eigenvalue weighted by atomic mass is 15.3. The molecule has 0 aliphatic carbocycles. The Morgan fingerprint density at radius 1 is 1.19 bits per heavy atom. The van der Waals surface area contributed by atoms with E-state index in [1.807, 2.05) is 18.2 Å². The number of H-pyrrole nitrogens is 1. The number of aromatic amines is 1.